The molecule has 0 saturated carbocycles. The van der Waals surface area contributed by atoms with Gasteiger partial charge in [0.1, 0.15) is 23.0 Å². The monoisotopic (exact) mass is 540 g/mol. The smallest absolute Gasteiger partial charge is 0.391 e. The van der Waals surface area contributed by atoms with E-state index in [1.54, 1.807) is 0 Å². The van der Waals surface area contributed by atoms with Crippen LogP contribution in [0.1, 0.15) is 30.1 Å². The van der Waals surface area contributed by atoms with Crippen LogP contribution >= 0.6 is 0 Å². The number of hydrogen-bond donors (Lipinski definition) is 2. The van der Waals surface area contributed by atoms with E-state index in [4.69, 9.17) is 0 Å². The van der Waals surface area contributed by atoms with E-state index in [0.717, 1.165) is 22.9 Å². The molecule has 202 valence electrons. The lowest BCUT2D eigenvalue weighted by atomic mass is 10.1. The number of pyridine rings is 2. The largest absolute Gasteiger partial charge is 0.522 e. The molecule has 3 heterocycles. The van der Waals surface area contributed by atoms with Gasteiger partial charge in [0.2, 0.25) is 11.3 Å². The number of aliphatic hydroxyl groups excluding tert-OH is 1. The fraction of sp³-hybridized carbons (Fsp3) is 0.333. The normalized spacial score (nSPS) is 16.8. The van der Waals surface area contributed by atoms with E-state index in [1.165, 1.54) is 24.0 Å². The van der Waals surface area contributed by atoms with Crippen LogP contribution in [0.2, 0.25) is 0 Å². The topological polar surface area (TPSA) is 114 Å². The molecule has 0 aliphatic carbocycles. The minimum Gasteiger partial charge on any atom is -0.391 e. The maximum absolute atomic E-state index is 14.8. The summed E-state index contributed by atoms with van der Waals surface area (Å²) in [6.07, 6.45) is -5.03. The van der Waals surface area contributed by atoms with Gasteiger partial charge in [0.05, 0.1) is 42.8 Å². The van der Waals surface area contributed by atoms with Crippen molar-refractivity contribution >= 4 is 28.7 Å². The number of benzene rings is 1. The molecule has 1 fully saturated rings. The fourth-order valence-electron chi connectivity index (χ4n) is 4.00. The van der Waals surface area contributed by atoms with Gasteiger partial charge in [-0.2, -0.15) is 0 Å². The number of alkyl halides is 3. The van der Waals surface area contributed by atoms with Gasteiger partial charge in [0, 0.05) is 12.3 Å². The fourth-order valence-corrected chi connectivity index (χ4v) is 4.00. The lowest BCUT2D eigenvalue weighted by molar-refractivity contribution is -0.326. The number of β-amino-alcohol motifs (C(OH)–C–C–N with tert-alkyl or cyclic N) is 1. The number of rotatable bonds is 7. The van der Waals surface area contributed by atoms with Crippen molar-refractivity contribution in [2.45, 2.75) is 38.3 Å². The lowest BCUT2D eigenvalue weighted by Gasteiger charge is -2.20. The summed E-state index contributed by atoms with van der Waals surface area (Å²) < 4.78 is 70.5. The van der Waals surface area contributed by atoms with Crippen molar-refractivity contribution in [1.29, 1.82) is 0 Å². The molecular weight excluding hydrogens is 519 g/mol. The Labute approximate surface area is 211 Å². The molecular formula is C24H21F5N4O5. The Morgan fingerprint density at radius 3 is 2.58 bits per heavy atom. The van der Waals surface area contributed by atoms with E-state index in [9.17, 15) is 41.4 Å². The lowest BCUT2D eigenvalue weighted by Crippen LogP contribution is -2.41. The number of anilines is 1. The summed E-state index contributed by atoms with van der Waals surface area (Å²) in [7, 11) is 0. The number of carbonyl (C=O) groups is 2. The van der Waals surface area contributed by atoms with Crippen molar-refractivity contribution in [3.8, 4) is 5.69 Å². The van der Waals surface area contributed by atoms with E-state index in [-0.39, 0.29) is 41.9 Å². The molecule has 2 amide bonds. The molecule has 2 atom stereocenters. The van der Waals surface area contributed by atoms with Gasteiger partial charge in [-0.1, -0.05) is 6.92 Å². The molecule has 9 nitrogen and oxygen atoms in total. The summed E-state index contributed by atoms with van der Waals surface area (Å²) >= 11 is 0. The first-order valence-corrected chi connectivity index (χ1v) is 11.4. The number of ether oxygens (including phenoxy) is 1. The first-order chi connectivity index (χ1) is 17.9. The van der Waals surface area contributed by atoms with Crippen molar-refractivity contribution in [2.75, 3.05) is 18.1 Å². The van der Waals surface area contributed by atoms with Crippen LogP contribution in [0.5, 0.6) is 0 Å². The van der Waals surface area contributed by atoms with Crippen LogP contribution in [0.3, 0.4) is 0 Å². The van der Waals surface area contributed by atoms with E-state index < -0.39 is 59.6 Å². The first-order valence-electron chi connectivity index (χ1n) is 11.4. The highest BCUT2D eigenvalue weighted by atomic mass is 19.4. The highest BCUT2D eigenvalue weighted by Crippen LogP contribution is 2.25. The predicted octanol–water partition coefficient (Wildman–Crippen LogP) is 2.81. The molecule has 1 saturated heterocycles. The van der Waals surface area contributed by atoms with Crippen LogP contribution in [0.4, 0.5) is 27.8 Å². The minimum absolute atomic E-state index is 0.0385. The zero-order valence-corrected chi connectivity index (χ0v) is 19.8. The summed E-state index contributed by atoms with van der Waals surface area (Å²) in [5.74, 6) is -3.40. The molecule has 4 rings (SSSR count). The molecule has 3 aromatic rings. The Kier molecular flexibility index (Phi) is 7.47. The van der Waals surface area contributed by atoms with Crippen LogP contribution in [0.15, 0.2) is 41.3 Å². The molecule has 0 spiro atoms. The summed E-state index contributed by atoms with van der Waals surface area (Å²) in [6.45, 7) is 0.533. The molecule has 1 unspecified atom stereocenters. The van der Waals surface area contributed by atoms with E-state index in [1.807, 2.05) is 0 Å². The van der Waals surface area contributed by atoms with Gasteiger partial charge < -0.3 is 10.4 Å². The number of aliphatic hydroxyl groups is 1. The number of hydrogen-bond acceptors (Lipinski definition) is 6. The zero-order chi connectivity index (χ0) is 27.8. The molecule has 0 bridgehead atoms. The van der Waals surface area contributed by atoms with Gasteiger partial charge in [-0.15, -0.1) is 13.2 Å². The minimum atomic E-state index is -4.93. The standard InChI is InChI=1S/C24H21F5N4O5/c1-2-13(11-38-24(27,28)29)30-23(37)16-10-32(18-5-3-12(25)7-17(18)26)22-15(21(16)36)4-6-19(31-22)33-9-14(34)8-20(33)35/h3-7,10,13-14,34H,2,8-9,11H2,1H3,(H,30,37)/t13?,14-/m0/s1. The second-order valence-corrected chi connectivity index (χ2v) is 8.58. The van der Waals surface area contributed by atoms with Crippen LogP contribution in [0, 0.1) is 11.6 Å². The van der Waals surface area contributed by atoms with Gasteiger partial charge in [-0.25, -0.2) is 13.8 Å². The maximum atomic E-state index is 14.8. The summed E-state index contributed by atoms with van der Waals surface area (Å²) in [5.41, 5.74) is -1.89. The van der Waals surface area contributed by atoms with Crippen molar-refractivity contribution in [3.63, 3.8) is 0 Å². The Morgan fingerprint density at radius 1 is 1.24 bits per heavy atom. The Hall–Kier alpha value is -3.91. The second kappa shape index (κ2) is 10.5. The maximum Gasteiger partial charge on any atom is 0.522 e. The highest BCUT2D eigenvalue weighted by molar-refractivity contribution is 5.99. The van der Waals surface area contributed by atoms with Crippen LogP contribution in [0.25, 0.3) is 16.7 Å². The summed E-state index contributed by atoms with van der Waals surface area (Å²) in [4.78, 5) is 43.9. The van der Waals surface area contributed by atoms with Crippen LogP contribution in [-0.4, -0.2) is 58.1 Å². The number of carbonyl (C=O) groups excluding carboxylic acids is 2. The number of amides is 2. The Bertz CT molecular complexity index is 1460. The van der Waals surface area contributed by atoms with Gasteiger partial charge in [0.15, 0.2) is 5.65 Å². The second-order valence-electron chi connectivity index (χ2n) is 8.58. The van der Waals surface area contributed by atoms with Crippen molar-refractivity contribution in [2.24, 2.45) is 0 Å². The molecule has 2 aromatic heterocycles. The number of halogens is 5. The molecule has 1 aromatic carbocycles. The number of nitrogens with one attached hydrogen (secondary N) is 1. The molecule has 14 heteroatoms. The summed E-state index contributed by atoms with van der Waals surface area (Å²) in [5, 5.41) is 11.9. The number of nitrogens with zero attached hydrogens (tertiary/aromatic N) is 3. The van der Waals surface area contributed by atoms with Gasteiger partial charge in [-0.05, 0) is 30.7 Å². The molecule has 38 heavy (non-hydrogen) atoms. The van der Waals surface area contributed by atoms with E-state index in [2.05, 4.69) is 15.0 Å². The molecule has 1 aliphatic rings. The van der Waals surface area contributed by atoms with Crippen molar-refractivity contribution < 1.29 is 41.4 Å². The molecule has 2 N–H and O–H groups in total. The van der Waals surface area contributed by atoms with E-state index >= 15 is 0 Å². The predicted molar refractivity (Wildman–Crippen MR) is 124 cm³/mol. The average molecular weight is 540 g/mol. The zero-order valence-electron chi connectivity index (χ0n) is 19.8. The molecule has 1 aliphatic heterocycles. The SMILES string of the molecule is CCC(COC(F)(F)F)NC(=O)c1cn(-c2ccc(F)cc2F)c2nc(N3C[C@@H](O)CC3=O)ccc2c1=O. The third-order valence-corrected chi connectivity index (χ3v) is 5.91. The van der Waals surface area contributed by atoms with Gasteiger partial charge in [-0.3, -0.25) is 28.6 Å². The van der Waals surface area contributed by atoms with Gasteiger partial charge in [0.25, 0.3) is 5.91 Å². The highest BCUT2D eigenvalue weighted by Gasteiger charge is 2.32. The molecule has 0 radical (unpaired) electrons. The van der Waals surface area contributed by atoms with Crippen LogP contribution in [-0.2, 0) is 9.53 Å². The number of aromatic nitrogens is 2. The van der Waals surface area contributed by atoms with E-state index in [0.29, 0.717) is 6.07 Å². The Balaban J connectivity index is 1.83. The van der Waals surface area contributed by atoms with Crippen molar-refractivity contribution in [3.05, 3.63) is 63.9 Å². The third-order valence-electron chi connectivity index (χ3n) is 5.91. The summed E-state index contributed by atoms with van der Waals surface area (Å²) in [6, 6.07) is 4.00. The quantitative estimate of drug-likeness (QED) is 0.446. The van der Waals surface area contributed by atoms with Crippen LogP contribution < -0.4 is 15.6 Å². The third kappa shape index (κ3) is 5.65. The number of fused-ring (bicyclic) bond motifs is 1. The van der Waals surface area contributed by atoms with Crippen molar-refractivity contribution in [1.82, 2.24) is 14.9 Å². The first kappa shape index (κ1) is 27.1. The average Bonchev–Trinajstić information content (AvgIpc) is 3.19. The van der Waals surface area contributed by atoms with Gasteiger partial charge >= 0.3 is 6.36 Å². The Morgan fingerprint density at radius 2 is 1.97 bits per heavy atom.